The Labute approximate surface area is 113 Å². The number of nitrogens with zero attached hydrogens (tertiary/aromatic N) is 1. The molecule has 1 aromatic heterocycles. The number of aryl methyl sites for hydroxylation is 1. The number of hydrogen-bond donors (Lipinski definition) is 3. The van der Waals surface area contributed by atoms with E-state index in [0.717, 1.165) is 15.7 Å². The summed E-state index contributed by atoms with van der Waals surface area (Å²) in [5.74, 6) is -0.194. The number of carbonyl (C=O) groups is 1. The van der Waals surface area contributed by atoms with E-state index in [-0.39, 0.29) is 5.91 Å². The second kappa shape index (κ2) is 5.22. The number of amides is 1. The molecule has 0 atom stereocenters. The minimum Gasteiger partial charge on any atom is -0.398 e. The topological polar surface area (TPSA) is 83.8 Å². The highest BCUT2D eigenvalue weighted by Gasteiger charge is 2.10. The third kappa shape index (κ3) is 2.70. The van der Waals surface area contributed by atoms with E-state index in [1.807, 2.05) is 6.92 Å². The zero-order chi connectivity index (χ0) is 13.1. The number of carbonyl (C=O) groups excluding carboxylic acids is 1. The van der Waals surface area contributed by atoms with Crippen molar-refractivity contribution < 1.29 is 4.79 Å². The van der Waals surface area contributed by atoms with E-state index in [1.165, 1.54) is 0 Å². The summed E-state index contributed by atoms with van der Waals surface area (Å²) in [6.07, 6.45) is 1.69. The highest BCUT2D eigenvalue weighted by atomic mass is 79.9. The van der Waals surface area contributed by atoms with Crippen molar-refractivity contribution in [3.8, 4) is 0 Å². The highest BCUT2D eigenvalue weighted by molar-refractivity contribution is 9.10. The fourth-order valence-electron chi connectivity index (χ4n) is 1.56. The zero-order valence-electron chi connectivity index (χ0n) is 9.83. The number of H-pyrrole nitrogens is 1. The van der Waals surface area contributed by atoms with Crippen LogP contribution in [-0.4, -0.2) is 16.1 Å². The molecule has 0 radical (unpaired) electrons. The summed E-state index contributed by atoms with van der Waals surface area (Å²) in [6.45, 7) is 2.33. The van der Waals surface area contributed by atoms with Gasteiger partial charge >= 0.3 is 0 Å². The molecule has 6 heteroatoms. The lowest BCUT2D eigenvalue weighted by Gasteiger charge is -2.07. The first-order valence-electron chi connectivity index (χ1n) is 5.40. The van der Waals surface area contributed by atoms with Crippen LogP contribution in [0.25, 0.3) is 0 Å². The molecular weight excluding hydrogens is 296 g/mol. The quantitative estimate of drug-likeness (QED) is 0.758. The summed E-state index contributed by atoms with van der Waals surface area (Å²) in [5, 5.41) is 9.52. The summed E-state index contributed by atoms with van der Waals surface area (Å²) in [5.41, 5.74) is 8.61. The van der Waals surface area contributed by atoms with Gasteiger partial charge in [-0.25, -0.2) is 0 Å². The molecule has 94 valence electrons. The van der Waals surface area contributed by atoms with Crippen LogP contribution in [0.3, 0.4) is 0 Å². The third-order valence-corrected chi connectivity index (χ3v) is 3.13. The van der Waals surface area contributed by atoms with Gasteiger partial charge in [-0.05, 0) is 25.1 Å². The molecule has 0 aliphatic heterocycles. The van der Waals surface area contributed by atoms with Crippen molar-refractivity contribution in [3.05, 3.63) is 45.7 Å². The Balaban J connectivity index is 2.06. The molecule has 1 heterocycles. The maximum Gasteiger partial charge on any atom is 0.253 e. The van der Waals surface area contributed by atoms with E-state index < -0.39 is 0 Å². The van der Waals surface area contributed by atoms with Crippen molar-refractivity contribution in [2.75, 3.05) is 5.73 Å². The predicted molar refractivity (Wildman–Crippen MR) is 73.0 cm³/mol. The largest absolute Gasteiger partial charge is 0.398 e. The van der Waals surface area contributed by atoms with E-state index >= 15 is 0 Å². The Hall–Kier alpha value is -1.82. The third-order valence-electron chi connectivity index (χ3n) is 2.63. The minimum absolute atomic E-state index is 0.194. The van der Waals surface area contributed by atoms with Crippen LogP contribution in [0.15, 0.2) is 28.9 Å². The molecule has 0 spiro atoms. The normalized spacial score (nSPS) is 10.3. The van der Waals surface area contributed by atoms with Gasteiger partial charge in [-0.3, -0.25) is 9.89 Å². The number of nitrogen functional groups attached to an aromatic ring is 1. The molecule has 0 aliphatic carbocycles. The van der Waals surface area contributed by atoms with Crippen LogP contribution in [0, 0.1) is 6.92 Å². The van der Waals surface area contributed by atoms with Gasteiger partial charge in [0.1, 0.15) is 0 Å². The number of benzene rings is 1. The van der Waals surface area contributed by atoms with Crippen molar-refractivity contribution in [1.29, 1.82) is 0 Å². The first-order chi connectivity index (χ1) is 8.58. The van der Waals surface area contributed by atoms with E-state index in [0.29, 0.717) is 17.8 Å². The molecule has 0 aliphatic rings. The molecule has 0 bridgehead atoms. The van der Waals surface area contributed by atoms with E-state index in [4.69, 9.17) is 5.73 Å². The van der Waals surface area contributed by atoms with Gasteiger partial charge in [0, 0.05) is 28.0 Å². The van der Waals surface area contributed by atoms with Crippen molar-refractivity contribution in [2.45, 2.75) is 13.5 Å². The summed E-state index contributed by atoms with van der Waals surface area (Å²) >= 11 is 3.30. The number of aromatic nitrogens is 2. The zero-order valence-corrected chi connectivity index (χ0v) is 11.4. The summed E-state index contributed by atoms with van der Waals surface area (Å²) in [6, 6.07) is 5.18. The fourth-order valence-corrected chi connectivity index (χ4v) is 1.94. The van der Waals surface area contributed by atoms with Crippen LogP contribution in [0.4, 0.5) is 5.69 Å². The number of hydrogen-bond acceptors (Lipinski definition) is 3. The van der Waals surface area contributed by atoms with Crippen LogP contribution in [0.5, 0.6) is 0 Å². The molecule has 4 N–H and O–H groups in total. The second-order valence-electron chi connectivity index (χ2n) is 3.93. The predicted octanol–water partition coefficient (Wildman–Crippen LogP) is 1.99. The van der Waals surface area contributed by atoms with Gasteiger partial charge in [0.15, 0.2) is 0 Å². The molecule has 2 aromatic rings. The maximum atomic E-state index is 11.9. The van der Waals surface area contributed by atoms with Crippen LogP contribution in [0.2, 0.25) is 0 Å². The van der Waals surface area contributed by atoms with Gasteiger partial charge in [0.25, 0.3) is 5.91 Å². The molecule has 1 aromatic carbocycles. The molecule has 2 rings (SSSR count). The van der Waals surface area contributed by atoms with E-state index in [2.05, 4.69) is 31.4 Å². The molecule has 0 fully saturated rings. The first-order valence-corrected chi connectivity index (χ1v) is 6.19. The number of nitrogens with one attached hydrogen (secondary N) is 2. The SMILES string of the molecule is Cc1[nH]ncc1CNC(=O)c1ccc(Br)cc1N. The van der Waals surface area contributed by atoms with Gasteiger partial charge in [-0.2, -0.15) is 5.10 Å². The number of aromatic amines is 1. The summed E-state index contributed by atoms with van der Waals surface area (Å²) < 4.78 is 0.849. The molecule has 0 saturated carbocycles. The molecule has 1 amide bonds. The monoisotopic (exact) mass is 308 g/mol. The van der Waals surface area contributed by atoms with Crippen LogP contribution in [-0.2, 0) is 6.54 Å². The molecule has 0 saturated heterocycles. The number of rotatable bonds is 3. The van der Waals surface area contributed by atoms with Crippen molar-refractivity contribution in [1.82, 2.24) is 15.5 Å². The number of anilines is 1. The molecule has 0 unspecified atom stereocenters. The lowest BCUT2D eigenvalue weighted by atomic mass is 10.1. The van der Waals surface area contributed by atoms with Crippen LogP contribution in [0.1, 0.15) is 21.6 Å². The Kier molecular flexibility index (Phi) is 3.66. The van der Waals surface area contributed by atoms with Crippen molar-refractivity contribution in [2.24, 2.45) is 0 Å². The Bertz CT molecular complexity index is 579. The second-order valence-corrected chi connectivity index (χ2v) is 4.85. The maximum absolute atomic E-state index is 11.9. The van der Waals surface area contributed by atoms with Gasteiger partial charge in [-0.1, -0.05) is 15.9 Å². The Morgan fingerprint density at radius 2 is 2.33 bits per heavy atom. The van der Waals surface area contributed by atoms with Crippen LogP contribution >= 0.6 is 15.9 Å². The van der Waals surface area contributed by atoms with Gasteiger partial charge in [0.2, 0.25) is 0 Å². The van der Waals surface area contributed by atoms with Crippen molar-refractivity contribution >= 4 is 27.5 Å². The first kappa shape index (κ1) is 12.6. The smallest absolute Gasteiger partial charge is 0.253 e. The summed E-state index contributed by atoms with van der Waals surface area (Å²) in [7, 11) is 0. The van der Waals surface area contributed by atoms with Gasteiger partial charge < -0.3 is 11.1 Å². The number of halogens is 1. The molecule has 5 nitrogen and oxygen atoms in total. The Morgan fingerprint density at radius 3 is 2.94 bits per heavy atom. The molecular formula is C12H13BrN4O. The van der Waals surface area contributed by atoms with E-state index in [1.54, 1.807) is 24.4 Å². The lowest BCUT2D eigenvalue weighted by Crippen LogP contribution is -2.23. The van der Waals surface area contributed by atoms with Crippen molar-refractivity contribution in [3.63, 3.8) is 0 Å². The lowest BCUT2D eigenvalue weighted by molar-refractivity contribution is 0.0952. The minimum atomic E-state index is -0.194. The number of nitrogens with two attached hydrogens (primary N) is 1. The average molecular weight is 309 g/mol. The summed E-state index contributed by atoms with van der Waals surface area (Å²) in [4.78, 5) is 11.9. The highest BCUT2D eigenvalue weighted by Crippen LogP contribution is 2.18. The van der Waals surface area contributed by atoms with Crippen LogP contribution < -0.4 is 11.1 Å². The molecule has 18 heavy (non-hydrogen) atoms. The van der Waals surface area contributed by atoms with Gasteiger partial charge in [-0.15, -0.1) is 0 Å². The standard InChI is InChI=1S/C12H13BrN4O/c1-7-8(6-16-17-7)5-15-12(18)10-3-2-9(13)4-11(10)14/h2-4,6H,5,14H2,1H3,(H,15,18)(H,16,17). The van der Waals surface area contributed by atoms with Gasteiger partial charge in [0.05, 0.1) is 11.8 Å². The van der Waals surface area contributed by atoms with E-state index in [9.17, 15) is 4.79 Å². The fraction of sp³-hybridized carbons (Fsp3) is 0.167. The Morgan fingerprint density at radius 1 is 1.56 bits per heavy atom. The average Bonchev–Trinajstić information content (AvgIpc) is 2.72.